The molecule has 2 N–H and O–H groups in total. The molecular formula is C26H32N2O4S. The van der Waals surface area contributed by atoms with E-state index in [1.807, 2.05) is 68.4 Å². The van der Waals surface area contributed by atoms with E-state index >= 15 is 0 Å². The summed E-state index contributed by atoms with van der Waals surface area (Å²) in [5.41, 5.74) is 2.97. The van der Waals surface area contributed by atoms with Crippen LogP contribution in [0.25, 0.3) is 0 Å². The summed E-state index contributed by atoms with van der Waals surface area (Å²) in [4.78, 5) is 39.7. The largest absolute Gasteiger partial charge is 0.480 e. The molecule has 0 bridgehead atoms. The van der Waals surface area contributed by atoms with Gasteiger partial charge in [0.15, 0.2) is 0 Å². The van der Waals surface area contributed by atoms with Crippen molar-refractivity contribution in [3.8, 4) is 0 Å². The molecule has 1 aliphatic rings. The van der Waals surface area contributed by atoms with Crippen LogP contribution in [0.15, 0.2) is 54.6 Å². The Kier molecular flexibility index (Phi) is 8.55. The molecule has 1 heterocycles. The smallest absolute Gasteiger partial charge is 0.326 e. The first-order valence-corrected chi connectivity index (χ1v) is 11.9. The van der Waals surface area contributed by atoms with Gasteiger partial charge in [0, 0.05) is 13.1 Å². The molecule has 0 saturated carbocycles. The van der Waals surface area contributed by atoms with Crippen LogP contribution in [0.5, 0.6) is 0 Å². The number of hydrogen-bond acceptors (Lipinski definition) is 4. The van der Waals surface area contributed by atoms with Gasteiger partial charge in [-0.25, -0.2) is 4.79 Å². The van der Waals surface area contributed by atoms with E-state index in [1.165, 1.54) is 4.90 Å². The lowest BCUT2D eigenvalue weighted by Gasteiger charge is -2.31. The number of nitrogens with zero attached hydrogens (tertiary/aromatic N) is 1. The van der Waals surface area contributed by atoms with Crippen LogP contribution >= 0.6 is 12.6 Å². The Balaban J connectivity index is 1.76. The van der Waals surface area contributed by atoms with E-state index in [1.54, 1.807) is 0 Å². The molecule has 176 valence electrons. The van der Waals surface area contributed by atoms with Crippen molar-refractivity contribution in [3.63, 3.8) is 0 Å². The first kappa shape index (κ1) is 24.8. The van der Waals surface area contributed by atoms with Crippen molar-refractivity contribution >= 4 is 30.4 Å². The van der Waals surface area contributed by atoms with Crippen LogP contribution in [-0.4, -0.2) is 45.6 Å². The maximum Gasteiger partial charge on any atom is 0.326 e. The fraction of sp³-hybridized carbons (Fsp3) is 0.423. The summed E-state index contributed by atoms with van der Waals surface area (Å²) >= 11 is 4.45. The monoisotopic (exact) mass is 468 g/mol. The van der Waals surface area contributed by atoms with Gasteiger partial charge in [0.2, 0.25) is 11.8 Å². The van der Waals surface area contributed by atoms with Gasteiger partial charge >= 0.3 is 5.97 Å². The Bertz CT molecular complexity index is 979. The number of rotatable bonds is 9. The number of aliphatic carboxylic acids is 1. The zero-order valence-electron chi connectivity index (χ0n) is 19.1. The Labute approximate surface area is 200 Å². The summed E-state index contributed by atoms with van der Waals surface area (Å²) < 4.78 is 0. The van der Waals surface area contributed by atoms with E-state index in [9.17, 15) is 19.5 Å². The predicted octanol–water partition coefficient (Wildman–Crippen LogP) is 3.34. The minimum absolute atomic E-state index is 0.124. The third-order valence-electron chi connectivity index (χ3n) is 6.01. The fourth-order valence-electron chi connectivity index (χ4n) is 4.26. The van der Waals surface area contributed by atoms with Gasteiger partial charge in [0.1, 0.15) is 6.04 Å². The maximum atomic E-state index is 13.5. The van der Waals surface area contributed by atoms with Gasteiger partial charge in [-0.1, -0.05) is 68.4 Å². The second kappa shape index (κ2) is 11.4. The normalized spacial score (nSPS) is 17.8. The second-order valence-electron chi connectivity index (χ2n) is 9.07. The second-order valence-corrected chi connectivity index (χ2v) is 9.69. The Morgan fingerprint density at radius 1 is 1.09 bits per heavy atom. The quantitative estimate of drug-likeness (QED) is 0.493. The standard InChI is InChI=1S/C26H32N2O4S/c1-17(2)12-22(26(31)32)28-16-20-11-7-6-10-19(20)14-21(25(28)30)15-27-24(29)23(33)13-18-8-4-3-5-9-18/h3-11,17,21-23,33H,12-16H2,1-2H3,(H,27,29)(H,31,32)/t21-,22+,23+/m1/s1. The van der Waals surface area contributed by atoms with Crippen molar-refractivity contribution in [2.75, 3.05) is 6.54 Å². The lowest BCUT2D eigenvalue weighted by Crippen LogP contribution is -2.49. The van der Waals surface area contributed by atoms with E-state index < -0.39 is 23.2 Å². The lowest BCUT2D eigenvalue weighted by molar-refractivity contribution is -0.153. The Hall–Kier alpha value is -2.80. The van der Waals surface area contributed by atoms with E-state index in [2.05, 4.69) is 17.9 Å². The predicted molar refractivity (Wildman–Crippen MR) is 131 cm³/mol. The average Bonchev–Trinajstić information content (AvgIpc) is 2.92. The minimum atomic E-state index is -1.00. The van der Waals surface area contributed by atoms with Crippen LogP contribution in [0.2, 0.25) is 0 Å². The van der Waals surface area contributed by atoms with Gasteiger partial charge in [-0.05, 0) is 41.9 Å². The summed E-state index contributed by atoms with van der Waals surface area (Å²) in [6, 6.07) is 16.5. The molecule has 7 heteroatoms. The highest BCUT2D eigenvalue weighted by Gasteiger charge is 2.37. The molecule has 0 aliphatic carbocycles. The molecule has 33 heavy (non-hydrogen) atoms. The van der Waals surface area contributed by atoms with Crippen LogP contribution in [0, 0.1) is 11.8 Å². The van der Waals surface area contributed by atoms with Gasteiger partial charge in [0.05, 0.1) is 11.2 Å². The molecule has 0 fully saturated rings. The highest BCUT2D eigenvalue weighted by atomic mass is 32.1. The van der Waals surface area contributed by atoms with E-state index in [-0.39, 0.29) is 30.8 Å². The van der Waals surface area contributed by atoms with Gasteiger partial charge in [-0.15, -0.1) is 0 Å². The number of benzene rings is 2. The number of thiol groups is 1. The molecule has 0 aromatic heterocycles. The van der Waals surface area contributed by atoms with Crippen molar-refractivity contribution in [2.45, 2.75) is 50.9 Å². The topological polar surface area (TPSA) is 86.7 Å². The first-order valence-electron chi connectivity index (χ1n) is 11.4. The van der Waals surface area contributed by atoms with Crippen LogP contribution in [0.3, 0.4) is 0 Å². The minimum Gasteiger partial charge on any atom is -0.480 e. The zero-order valence-corrected chi connectivity index (χ0v) is 20.0. The molecule has 3 atom stereocenters. The Morgan fingerprint density at radius 3 is 2.36 bits per heavy atom. The summed E-state index contributed by atoms with van der Waals surface area (Å²) in [7, 11) is 0. The highest BCUT2D eigenvalue weighted by molar-refractivity contribution is 7.81. The fourth-order valence-corrected chi connectivity index (χ4v) is 4.56. The molecule has 1 aliphatic heterocycles. The number of nitrogens with one attached hydrogen (secondary N) is 1. The number of carbonyl (C=O) groups excluding carboxylic acids is 2. The van der Waals surface area contributed by atoms with Crippen LogP contribution in [0.4, 0.5) is 0 Å². The number of amides is 2. The van der Waals surface area contributed by atoms with Gasteiger partial charge in [0.25, 0.3) is 0 Å². The first-order chi connectivity index (χ1) is 15.8. The van der Waals surface area contributed by atoms with Crippen LogP contribution < -0.4 is 5.32 Å². The third-order valence-corrected chi connectivity index (χ3v) is 6.43. The number of hydrogen-bond donors (Lipinski definition) is 3. The third kappa shape index (κ3) is 6.60. The molecule has 0 spiro atoms. The van der Waals surface area contributed by atoms with Crippen molar-refractivity contribution in [1.29, 1.82) is 0 Å². The molecule has 2 aromatic rings. The molecule has 3 rings (SSSR count). The van der Waals surface area contributed by atoms with Crippen molar-refractivity contribution in [3.05, 3.63) is 71.3 Å². The Morgan fingerprint density at radius 2 is 1.73 bits per heavy atom. The van der Waals surface area contributed by atoms with E-state index in [0.717, 1.165) is 16.7 Å². The number of carbonyl (C=O) groups is 3. The summed E-state index contributed by atoms with van der Waals surface area (Å²) in [5.74, 6) is -1.89. The zero-order chi connectivity index (χ0) is 24.0. The van der Waals surface area contributed by atoms with Gasteiger partial charge < -0.3 is 15.3 Å². The number of carboxylic acid groups (broad SMARTS) is 1. The highest BCUT2D eigenvalue weighted by Crippen LogP contribution is 2.26. The SMILES string of the molecule is CC(C)C[C@@H](C(=O)O)N1Cc2ccccc2C[C@H](CNC(=O)[C@@H](S)Cc2ccccc2)C1=O. The number of carboxylic acids is 1. The van der Waals surface area contributed by atoms with Gasteiger partial charge in [-0.2, -0.15) is 12.6 Å². The molecular weight excluding hydrogens is 436 g/mol. The van der Waals surface area contributed by atoms with Crippen LogP contribution in [-0.2, 0) is 33.8 Å². The van der Waals surface area contributed by atoms with E-state index in [4.69, 9.17) is 0 Å². The molecule has 0 radical (unpaired) electrons. The van der Waals surface area contributed by atoms with Crippen LogP contribution in [0.1, 0.15) is 37.0 Å². The maximum absolute atomic E-state index is 13.5. The molecule has 2 amide bonds. The van der Waals surface area contributed by atoms with Gasteiger partial charge in [-0.3, -0.25) is 9.59 Å². The average molecular weight is 469 g/mol. The summed E-state index contributed by atoms with van der Waals surface area (Å²) in [5, 5.41) is 12.2. The van der Waals surface area contributed by atoms with Crippen molar-refractivity contribution in [2.24, 2.45) is 11.8 Å². The summed E-state index contributed by atoms with van der Waals surface area (Å²) in [6.45, 7) is 4.29. The molecule has 6 nitrogen and oxygen atoms in total. The van der Waals surface area contributed by atoms with Crippen molar-refractivity contribution < 1.29 is 19.5 Å². The molecule has 0 saturated heterocycles. The summed E-state index contributed by atoms with van der Waals surface area (Å²) in [6.07, 6.45) is 1.31. The molecule has 2 aromatic carbocycles. The van der Waals surface area contributed by atoms with E-state index in [0.29, 0.717) is 19.3 Å². The van der Waals surface area contributed by atoms with Crippen molar-refractivity contribution in [1.82, 2.24) is 10.2 Å². The lowest BCUT2D eigenvalue weighted by atomic mass is 9.96. The number of fused-ring (bicyclic) bond motifs is 1. The molecule has 0 unspecified atom stereocenters.